The first kappa shape index (κ1) is 14.4. The second kappa shape index (κ2) is 5.05. The maximum atomic E-state index is 4.36. The highest BCUT2D eigenvalue weighted by atomic mass is 32.2. The largest absolute Gasteiger partial charge is 0.314 e. The standard InChI is InChI=1S/C16H22N4S/c1-10-6-7-12(11(2)8-10)13-9-21-15-18-17-14(16(3,4)5)20(15)19-13/h6-8,13,19H,9H2,1-5H3. The second-order valence-corrected chi connectivity index (χ2v) is 7.73. The Kier molecular flexibility index (Phi) is 3.48. The summed E-state index contributed by atoms with van der Waals surface area (Å²) in [7, 11) is 0. The lowest BCUT2D eigenvalue weighted by Crippen LogP contribution is -2.32. The smallest absolute Gasteiger partial charge is 0.210 e. The second-order valence-electron chi connectivity index (χ2n) is 6.74. The molecule has 0 saturated carbocycles. The average molecular weight is 302 g/mol. The maximum Gasteiger partial charge on any atom is 0.210 e. The minimum absolute atomic E-state index is 0.0248. The lowest BCUT2D eigenvalue weighted by molar-refractivity contribution is 0.500. The molecule has 4 nitrogen and oxygen atoms in total. The van der Waals surface area contributed by atoms with E-state index in [0.29, 0.717) is 6.04 Å². The molecule has 1 aromatic carbocycles. The molecule has 21 heavy (non-hydrogen) atoms. The van der Waals surface area contributed by atoms with E-state index in [4.69, 9.17) is 0 Å². The monoisotopic (exact) mass is 302 g/mol. The predicted molar refractivity (Wildman–Crippen MR) is 87.5 cm³/mol. The van der Waals surface area contributed by atoms with E-state index in [1.807, 2.05) is 0 Å². The van der Waals surface area contributed by atoms with Crippen LogP contribution in [0.25, 0.3) is 0 Å². The van der Waals surface area contributed by atoms with Gasteiger partial charge in [0.05, 0.1) is 6.04 Å². The van der Waals surface area contributed by atoms with Crippen LogP contribution in [-0.2, 0) is 5.41 Å². The minimum Gasteiger partial charge on any atom is -0.314 e. The molecule has 1 atom stereocenters. The van der Waals surface area contributed by atoms with E-state index in [-0.39, 0.29) is 5.41 Å². The van der Waals surface area contributed by atoms with Gasteiger partial charge in [0.2, 0.25) is 5.16 Å². The number of thioether (sulfide) groups is 1. The van der Waals surface area contributed by atoms with Crippen molar-refractivity contribution in [3.63, 3.8) is 0 Å². The number of hydrogen-bond donors (Lipinski definition) is 1. The number of nitrogens with one attached hydrogen (secondary N) is 1. The van der Waals surface area contributed by atoms with Crippen LogP contribution < -0.4 is 5.43 Å². The molecular weight excluding hydrogens is 280 g/mol. The van der Waals surface area contributed by atoms with Crippen molar-refractivity contribution in [3.8, 4) is 0 Å². The third kappa shape index (κ3) is 2.67. The molecule has 5 heteroatoms. The van der Waals surface area contributed by atoms with Crippen molar-refractivity contribution in [1.82, 2.24) is 14.9 Å². The number of rotatable bonds is 1. The van der Waals surface area contributed by atoms with Gasteiger partial charge in [-0.05, 0) is 25.0 Å². The molecule has 1 N–H and O–H groups in total. The fourth-order valence-corrected chi connectivity index (χ4v) is 3.63. The number of aromatic nitrogens is 3. The molecule has 112 valence electrons. The predicted octanol–water partition coefficient (Wildman–Crippen LogP) is 3.58. The van der Waals surface area contributed by atoms with Crippen molar-refractivity contribution in [1.29, 1.82) is 0 Å². The third-order valence-electron chi connectivity index (χ3n) is 3.77. The molecule has 3 rings (SSSR count). The van der Waals surface area contributed by atoms with Crippen molar-refractivity contribution in [2.45, 2.75) is 51.2 Å². The molecule has 0 bridgehead atoms. The molecule has 1 aliphatic rings. The zero-order valence-corrected chi connectivity index (χ0v) is 14.1. The Labute approximate surface area is 130 Å². The molecule has 0 spiro atoms. The van der Waals surface area contributed by atoms with Gasteiger partial charge in [-0.25, -0.2) is 4.68 Å². The number of aryl methyl sites for hydroxylation is 2. The van der Waals surface area contributed by atoms with Crippen LogP contribution in [0.15, 0.2) is 23.4 Å². The van der Waals surface area contributed by atoms with Crippen LogP contribution in [-0.4, -0.2) is 20.6 Å². The summed E-state index contributed by atoms with van der Waals surface area (Å²) in [5.41, 5.74) is 7.57. The number of nitrogens with zero attached hydrogens (tertiary/aromatic N) is 3. The lowest BCUT2D eigenvalue weighted by atomic mass is 9.96. The van der Waals surface area contributed by atoms with Crippen LogP contribution in [0, 0.1) is 13.8 Å². The zero-order chi connectivity index (χ0) is 15.2. The van der Waals surface area contributed by atoms with Crippen LogP contribution in [0.5, 0.6) is 0 Å². The minimum atomic E-state index is -0.0248. The molecule has 0 radical (unpaired) electrons. The lowest BCUT2D eigenvalue weighted by Gasteiger charge is -2.30. The summed E-state index contributed by atoms with van der Waals surface area (Å²) in [4.78, 5) is 0. The molecule has 0 amide bonds. The van der Waals surface area contributed by atoms with Gasteiger partial charge in [-0.1, -0.05) is 56.3 Å². The van der Waals surface area contributed by atoms with E-state index in [1.54, 1.807) is 11.8 Å². The van der Waals surface area contributed by atoms with Crippen molar-refractivity contribution in [2.24, 2.45) is 0 Å². The molecule has 0 fully saturated rings. The van der Waals surface area contributed by atoms with Crippen LogP contribution in [0.1, 0.15) is 49.3 Å². The van der Waals surface area contributed by atoms with E-state index in [0.717, 1.165) is 16.7 Å². The SMILES string of the molecule is Cc1ccc(C2CSc3nnc(C(C)(C)C)n3N2)c(C)c1. The normalized spacial score (nSPS) is 18.2. The first-order chi connectivity index (χ1) is 9.86. The zero-order valence-electron chi connectivity index (χ0n) is 13.3. The summed E-state index contributed by atoms with van der Waals surface area (Å²) < 4.78 is 2.07. The highest BCUT2D eigenvalue weighted by Crippen LogP contribution is 2.33. The van der Waals surface area contributed by atoms with Gasteiger partial charge < -0.3 is 5.43 Å². The van der Waals surface area contributed by atoms with Crippen LogP contribution in [0.2, 0.25) is 0 Å². The number of benzene rings is 1. The summed E-state index contributed by atoms with van der Waals surface area (Å²) >= 11 is 1.77. The van der Waals surface area contributed by atoms with Gasteiger partial charge in [0.25, 0.3) is 0 Å². The fraction of sp³-hybridized carbons (Fsp3) is 0.500. The van der Waals surface area contributed by atoms with Gasteiger partial charge in [0.1, 0.15) is 0 Å². The summed E-state index contributed by atoms with van der Waals surface area (Å²) in [6.45, 7) is 10.8. The van der Waals surface area contributed by atoms with Gasteiger partial charge in [-0.3, -0.25) is 0 Å². The summed E-state index contributed by atoms with van der Waals surface area (Å²) in [6.07, 6.45) is 0. The van der Waals surface area contributed by atoms with E-state index in [9.17, 15) is 0 Å². The van der Waals surface area contributed by atoms with Crippen molar-refractivity contribution in [3.05, 3.63) is 40.7 Å². The fourth-order valence-electron chi connectivity index (χ4n) is 2.69. The van der Waals surface area contributed by atoms with Crippen molar-refractivity contribution >= 4 is 11.8 Å². The molecule has 1 unspecified atom stereocenters. The average Bonchev–Trinajstić information content (AvgIpc) is 2.81. The van der Waals surface area contributed by atoms with E-state index >= 15 is 0 Å². The van der Waals surface area contributed by atoms with Crippen molar-refractivity contribution in [2.75, 3.05) is 11.2 Å². The Bertz CT molecular complexity index is 669. The van der Waals surface area contributed by atoms with E-state index in [1.165, 1.54) is 16.7 Å². The Morgan fingerprint density at radius 3 is 2.67 bits per heavy atom. The van der Waals surface area contributed by atoms with E-state index in [2.05, 4.69) is 73.1 Å². The highest BCUT2D eigenvalue weighted by molar-refractivity contribution is 7.99. The summed E-state index contributed by atoms with van der Waals surface area (Å²) in [5.74, 6) is 1.96. The Morgan fingerprint density at radius 1 is 1.24 bits per heavy atom. The van der Waals surface area contributed by atoms with Crippen LogP contribution in [0.4, 0.5) is 0 Å². The van der Waals surface area contributed by atoms with E-state index < -0.39 is 0 Å². The molecule has 2 aromatic rings. The molecule has 1 aromatic heterocycles. The van der Waals surface area contributed by atoms with Gasteiger partial charge in [0.15, 0.2) is 5.82 Å². The van der Waals surface area contributed by atoms with Crippen LogP contribution in [0.3, 0.4) is 0 Å². The Hall–Kier alpha value is -1.49. The van der Waals surface area contributed by atoms with Gasteiger partial charge in [-0.2, -0.15) is 0 Å². The highest BCUT2D eigenvalue weighted by Gasteiger charge is 2.29. The maximum absolute atomic E-state index is 4.36. The van der Waals surface area contributed by atoms with Gasteiger partial charge in [-0.15, -0.1) is 10.2 Å². The van der Waals surface area contributed by atoms with Gasteiger partial charge >= 0.3 is 0 Å². The Morgan fingerprint density at radius 2 is 2.00 bits per heavy atom. The Balaban J connectivity index is 1.95. The topological polar surface area (TPSA) is 42.7 Å². The van der Waals surface area contributed by atoms with Gasteiger partial charge in [0, 0.05) is 11.2 Å². The number of fused-ring (bicyclic) bond motifs is 1. The molecular formula is C16H22N4S. The van der Waals surface area contributed by atoms with Crippen molar-refractivity contribution < 1.29 is 0 Å². The third-order valence-corrected chi connectivity index (χ3v) is 4.79. The molecule has 0 saturated heterocycles. The first-order valence-corrected chi connectivity index (χ1v) is 8.27. The molecule has 0 aliphatic carbocycles. The molecule has 1 aliphatic heterocycles. The van der Waals surface area contributed by atoms with Crippen LogP contribution >= 0.6 is 11.8 Å². The quantitative estimate of drug-likeness (QED) is 0.874. The molecule has 2 heterocycles. The first-order valence-electron chi connectivity index (χ1n) is 7.28. The number of hydrogen-bond acceptors (Lipinski definition) is 4. The summed E-state index contributed by atoms with van der Waals surface area (Å²) in [5, 5.41) is 9.62. The summed E-state index contributed by atoms with van der Waals surface area (Å²) in [6, 6.07) is 6.95.